The third kappa shape index (κ3) is 4.13. The zero-order valence-electron chi connectivity index (χ0n) is 11.8. The van der Waals surface area contributed by atoms with E-state index in [2.05, 4.69) is 5.32 Å². The number of nitrogens with zero attached hydrogens (tertiary/aromatic N) is 1. The molecule has 0 bridgehead atoms. The van der Waals surface area contributed by atoms with E-state index < -0.39 is 16.9 Å². The lowest BCUT2D eigenvalue weighted by molar-refractivity contribution is -0.384. The maximum absolute atomic E-state index is 12.3. The van der Waals surface area contributed by atoms with Crippen molar-refractivity contribution in [2.45, 2.75) is 13.0 Å². The van der Waals surface area contributed by atoms with Crippen LogP contribution < -0.4 is 5.32 Å². The number of hydrogen-bond acceptors (Lipinski definition) is 3. The van der Waals surface area contributed by atoms with Gasteiger partial charge in [0.15, 0.2) is 0 Å². The third-order valence-corrected chi connectivity index (χ3v) is 4.07. The molecule has 0 saturated carbocycles. The summed E-state index contributed by atoms with van der Waals surface area (Å²) in [6, 6.07) is 8.18. The van der Waals surface area contributed by atoms with Crippen LogP contribution in [-0.2, 0) is 0 Å². The molecule has 1 atom stereocenters. The Kier molecular flexibility index (Phi) is 5.46. The number of nitro benzene ring substituents is 1. The van der Waals surface area contributed by atoms with Crippen LogP contribution in [0.15, 0.2) is 36.4 Å². The van der Waals surface area contributed by atoms with Gasteiger partial charge in [0, 0.05) is 22.2 Å². The van der Waals surface area contributed by atoms with Crippen molar-refractivity contribution < 1.29 is 9.72 Å². The van der Waals surface area contributed by atoms with Crippen LogP contribution in [0.25, 0.3) is 0 Å². The van der Waals surface area contributed by atoms with Crippen LogP contribution in [0, 0.1) is 10.1 Å². The van der Waals surface area contributed by atoms with Crippen molar-refractivity contribution in [1.82, 2.24) is 5.32 Å². The number of hydrogen-bond donors (Lipinski definition) is 1. The van der Waals surface area contributed by atoms with Crippen molar-refractivity contribution in [1.29, 1.82) is 0 Å². The molecule has 0 aromatic heterocycles. The van der Waals surface area contributed by atoms with E-state index >= 15 is 0 Å². The molecule has 0 fully saturated rings. The first-order valence-electron chi connectivity index (χ1n) is 6.49. The van der Waals surface area contributed by atoms with Gasteiger partial charge in [-0.2, -0.15) is 0 Å². The first-order valence-corrected chi connectivity index (χ1v) is 7.62. The van der Waals surface area contributed by atoms with Gasteiger partial charge in [0.1, 0.15) is 0 Å². The molecule has 0 unspecified atom stereocenters. The summed E-state index contributed by atoms with van der Waals surface area (Å²) in [6.45, 7) is 1.73. The lowest BCUT2D eigenvalue weighted by Crippen LogP contribution is -2.27. The van der Waals surface area contributed by atoms with Crippen LogP contribution in [-0.4, -0.2) is 10.8 Å². The number of nitro groups is 1. The fourth-order valence-corrected chi connectivity index (χ4v) is 2.78. The zero-order valence-corrected chi connectivity index (χ0v) is 14.1. The van der Waals surface area contributed by atoms with E-state index in [-0.39, 0.29) is 16.3 Å². The van der Waals surface area contributed by atoms with Gasteiger partial charge in [0.25, 0.3) is 11.6 Å². The molecule has 8 heteroatoms. The van der Waals surface area contributed by atoms with E-state index in [1.807, 2.05) is 0 Å². The van der Waals surface area contributed by atoms with E-state index in [1.165, 1.54) is 12.1 Å². The highest BCUT2D eigenvalue weighted by molar-refractivity contribution is 6.35. The normalized spacial score (nSPS) is 11.8. The molecule has 0 aliphatic carbocycles. The summed E-state index contributed by atoms with van der Waals surface area (Å²) in [5, 5.41) is 14.5. The van der Waals surface area contributed by atoms with Crippen molar-refractivity contribution in [2.24, 2.45) is 0 Å². The molecule has 2 rings (SSSR count). The smallest absolute Gasteiger partial charge is 0.270 e. The summed E-state index contributed by atoms with van der Waals surface area (Å²) in [5.74, 6) is -0.530. The Balaban J connectivity index is 2.24. The predicted octanol–water partition coefficient (Wildman–Crippen LogP) is 5.05. The topological polar surface area (TPSA) is 72.2 Å². The van der Waals surface area contributed by atoms with Crippen molar-refractivity contribution in [3.05, 3.63) is 72.7 Å². The van der Waals surface area contributed by atoms with Gasteiger partial charge in [-0.15, -0.1) is 0 Å². The second-order valence-electron chi connectivity index (χ2n) is 4.78. The Morgan fingerprint density at radius 3 is 2.43 bits per heavy atom. The lowest BCUT2D eigenvalue weighted by atomic mass is 10.1. The molecular formula is C15H11Cl3N2O3. The summed E-state index contributed by atoms with van der Waals surface area (Å²) < 4.78 is 0. The number of rotatable bonds is 4. The third-order valence-electron chi connectivity index (χ3n) is 3.18. The molecule has 2 aromatic rings. The highest BCUT2D eigenvalue weighted by Crippen LogP contribution is 2.27. The predicted molar refractivity (Wildman–Crippen MR) is 90.4 cm³/mol. The molecule has 0 saturated heterocycles. The standard InChI is InChI=1S/C15H11Cl3N2O3/c1-8(11-4-2-9(16)6-14(11)18)19-15(21)12-7-10(20(22)23)3-5-13(12)17/h2-8H,1H3,(H,19,21)/t8-/m0/s1. The molecule has 0 aliphatic heterocycles. The van der Waals surface area contributed by atoms with Crippen LogP contribution in [0.1, 0.15) is 28.9 Å². The zero-order chi connectivity index (χ0) is 17.1. The van der Waals surface area contributed by atoms with E-state index in [0.29, 0.717) is 15.6 Å². The Hall–Kier alpha value is -1.82. The van der Waals surface area contributed by atoms with Gasteiger partial charge in [-0.3, -0.25) is 14.9 Å². The molecule has 0 spiro atoms. The Morgan fingerprint density at radius 2 is 1.83 bits per heavy atom. The molecule has 5 nitrogen and oxygen atoms in total. The van der Waals surface area contributed by atoms with Crippen molar-refractivity contribution >= 4 is 46.4 Å². The largest absolute Gasteiger partial charge is 0.345 e. The fraction of sp³-hybridized carbons (Fsp3) is 0.133. The quantitative estimate of drug-likeness (QED) is 0.602. The summed E-state index contributed by atoms with van der Waals surface area (Å²) >= 11 is 17.9. The summed E-state index contributed by atoms with van der Waals surface area (Å²) in [7, 11) is 0. The van der Waals surface area contributed by atoms with Gasteiger partial charge >= 0.3 is 0 Å². The van der Waals surface area contributed by atoms with Crippen molar-refractivity contribution in [2.75, 3.05) is 0 Å². The van der Waals surface area contributed by atoms with Crippen molar-refractivity contribution in [3.63, 3.8) is 0 Å². The van der Waals surface area contributed by atoms with Gasteiger partial charge in [-0.1, -0.05) is 40.9 Å². The van der Waals surface area contributed by atoms with Crippen LogP contribution in [0.4, 0.5) is 5.69 Å². The molecule has 2 aromatic carbocycles. The minimum absolute atomic E-state index is 0.0257. The monoisotopic (exact) mass is 372 g/mol. The van der Waals surface area contributed by atoms with E-state index in [0.717, 1.165) is 6.07 Å². The molecule has 120 valence electrons. The van der Waals surface area contributed by atoms with Crippen LogP contribution >= 0.6 is 34.8 Å². The van der Waals surface area contributed by atoms with Gasteiger partial charge in [0.05, 0.1) is 21.6 Å². The second kappa shape index (κ2) is 7.17. The minimum atomic E-state index is -0.591. The SMILES string of the molecule is C[C@H](NC(=O)c1cc([N+](=O)[O-])ccc1Cl)c1ccc(Cl)cc1Cl. The number of halogens is 3. The van der Waals surface area contributed by atoms with Crippen LogP contribution in [0.5, 0.6) is 0 Å². The average molecular weight is 374 g/mol. The maximum atomic E-state index is 12.3. The number of amides is 1. The first kappa shape index (κ1) is 17.5. The van der Waals surface area contributed by atoms with E-state index in [4.69, 9.17) is 34.8 Å². The molecule has 0 heterocycles. The van der Waals surface area contributed by atoms with Gasteiger partial charge in [-0.05, 0) is 30.7 Å². The molecule has 0 radical (unpaired) electrons. The van der Waals surface area contributed by atoms with Crippen molar-refractivity contribution in [3.8, 4) is 0 Å². The molecular weight excluding hydrogens is 363 g/mol. The van der Waals surface area contributed by atoms with Gasteiger partial charge in [-0.25, -0.2) is 0 Å². The minimum Gasteiger partial charge on any atom is -0.345 e. The van der Waals surface area contributed by atoms with Gasteiger partial charge in [0.2, 0.25) is 0 Å². The number of nitrogens with one attached hydrogen (secondary N) is 1. The van der Waals surface area contributed by atoms with E-state index in [9.17, 15) is 14.9 Å². The first-order chi connectivity index (χ1) is 10.8. The Bertz CT molecular complexity index is 781. The number of non-ortho nitro benzene ring substituents is 1. The number of carbonyl (C=O) groups excluding carboxylic acids is 1. The summed E-state index contributed by atoms with van der Waals surface area (Å²) in [5.41, 5.74) is 0.487. The number of carbonyl (C=O) groups is 1. The second-order valence-corrected chi connectivity index (χ2v) is 6.03. The highest BCUT2D eigenvalue weighted by atomic mass is 35.5. The lowest BCUT2D eigenvalue weighted by Gasteiger charge is -2.16. The summed E-state index contributed by atoms with van der Waals surface area (Å²) in [4.78, 5) is 22.5. The molecule has 1 amide bonds. The molecule has 23 heavy (non-hydrogen) atoms. The molecule has 1 N–H and O–H groups in total. The maximum Gasteiger partial charge on any atom is 0.270 e. The van der Waals surface area contributed by atoms with Crippen LogP contribution in [0.2, 0.25) is 15.1 Å². The number of benzene rings is 2. The summed E-state index contributed by atoms with van der Waals surface area (Å²) in [6.07, 6.45) is 0. The highest BCUT2D eigenvalue weighted by Gasteiger charge is 2.19. The average Bonchev–Trinajstić information content (AvgIpc) is 2.46. The molecule has 0 aliphatic rings. The van der Waals surface area contributed by atoms with Gasteiger partial charge < -0.3 is 5.32 Å². The van der Waals surface area contributed by atoms with E-state index in [1.54, 1.807) is 25.1 Å². The van der Waals surface area contributed by atoms with Crippen LogP contribution in [0.3, 0.4) is 0 Å². The fourth-order valence-electron chi connectivity index (χ4n) is 2.01. The Labute approximate surface area is 147 Å². The Morgan fingerprint density at radius 1 is 1.13 bits per heavy atom.